The molecule has 2 aromatic carbocycles. The molecule has 0 bridgehead atoms. The minimum absolute atomic E-state index is 0.159. The number of oxazole rings is 1. The molecular weight excluding hydrogens is 388 g/mol. The van der Waals surface area contributed by atoms with E-state index in [4.69, 9.17) is 9.68 Å². The van der Waals surface area contributed by atoms with Crippen LogP contribution >= 0.6 is 0 Å². The van der Waals surface area contributed by atoms with Crippen molar-refractivity contribution >= 4 is 17.1 Å². The lowest BCUT2D eigenvalue weighted by molar-refractivity contribution is 0.239. The first-order valence-electron chi connectivity index (χ1n) is 10.5. The quantitative estimate of drug-likeness (QED) is 0.496. The van der Waals surface area contributed by atoms with Crippen LogP contribution in [0, 0.1) is 11.3 Å². The highest BCUT2D eigenvalue weighted by atomic mass is 16.4. The summed E-state index contributed by atoms with van der Waals surface area (Å²) in [6.07, 6.45) is 3.85. The lowest BCUT2D eigenvalue weighted by atomic mass is 10.1. The van der Waals surface area contributed by atoms with Crippen LogP contribution in [0.25, 0.3) is 11.1 Å². The van der Waals surface area contributed by atoms with Gasteiger partial charge in [0.15, 0.2) is 5.58 Å². The fraction of sp³-hybridized carbons (Fsp3) is 0.292. The van der Waals surface area contributed by atoms with Crippen LogP contribution in [0.2, 0.25) is 0 Å². The van der Waals surface area contributed by atoms with Crippen LogP contribution in [0.5, 0.6) is 0 Å². The van der Waals surface area contributed by atoms with Crippen LogP contribution in [0.4, 0.5) is 6.01 Å². The Labute approximate surface area is 181 Å². The number of hydrogen-bond donors (Lipinski definition) is 0. The van der Waals surface area contributed by atoms with Crippen molar-refractivity contribution in [2.24, 2.45) is 0 Å². The van der Waals surface area contributed by atoms with Crippen LogP contribution in [0.1, 0.15) is 29.8 Å². The van der Waals surface area contributed by atoms with E-state index in [0.717, 1.165) is 43.8 Å². The van der Waals surface area contributed by atoms with Crippen LogP contribution in [0.3, 0.4) is 0 Å². The highest BCUT2D eigenvalue weighted by Gasteiger charge is 2.22. The number of hydrogen-bond acceptors (Lipinski definition) is 6. The Morgan fingerprint density at radius 1 is 1.06 bits per heavy atom. The smallest absolute Gasteiger partial charge is 0.298 e. The Balaban J connectivity index is 1.24. The second-order valence-corrected chi connectivity index (χ2v) is 7.93. The van der Waals surface area contributed by atoms with Crippen LogP contribution < -0.4 is 4.90 Å². The molecule has 3 heterocycles. The molecule has 0 radical (unpaired) electrons. The fourth-order valence-electron chi connectivity index (χ4n) is 4.12. The number of rotatable bonds is 5. The summed E-state index contributed by atoms with van der Waals surface area (Å²) < 4.78 is 8.14. The number of imidazole rings is 1. The number of nitrogens with zero attached hydrogens (tertiary/aromatic N) is 6. The molecule has 1 fully saturated rings. The Morgan fingerprint density at radius 2 is 1.84 bits per heavy atom. The maximum atomic E-state index is 9.02. The largest absolute Gasteiger partial charge is 0.423 e. The molecule has 5 rings (SSSR count). The maximum absolute atomic E-state index is 9.02. The molecule has 0 amide bonds. The minimum Gasteiger partial charge on any atom is -0.423 e. The van der Waals surface area contributed by atoms with E-state index >= 15 is 0 Å². The van der Waals surface area contributed by atoms with E-state index in [0.29, 0.717) is 11.6 Å². The van der Waals surface area contributed by atoms with Gasteiger partial charge in [-0.15, -0.1) is 0 Å². The standard InChI is InChI=1S/C24H24N6O/c1-18(20-8-6-19(14-25)7-9-20)30-17-26-15-21(30)16-28-10-12-29(13-11-28)24-27-22-4-2-3-5-23(22)31-24/h2-9,15,17-18H,10-13,16H2,1H3. The molecule has 156 valence electrons. The highest BCUT2D eigenvalue weighted by Crippen LogP contribution is 2.24. The van der Waals surface area contributed by atoms with Crippen LogP contribution in [0.15, 0.2) is 65.5 Å². The summed E-state index contributed by atoms with van der Waals surface area (Å²) in [5.41, 5.74) is 4.77. The van der Waals surface area contributed by atoms with Gasteiger partial charge in [-0.25, -0.2) is 4.98 Å². The molecule has 1 unspecified atom stereocenters. The number of fused-ring (bicyclic) bond motifs is 1. The van der Waals surface area contributed by atoms with Gasteiger partial charge in [0.2, 0.25) is 0 Å². The van der Waals surface area contributed by atoms with Gasteiger partial charge in [-0.1, -0.05) is 24.3 Å². The summed E-state index contributed by atoms with van der Waals surface area (Å²) in [6, 6.07) is 18.7. The van der Waals surface area contributed by atoms with Crippen molar-refractivity contribution in [3.05, 3.63) is 77.9 Å². The van der Waals surface area contributed by atoms with Crippen molar-refractivity contribution in [3.8, 4) is 6.07 Å². The summed E-state index contributed by atoms with van der Waals surface area (Å²) in [4.78, 5) is 13.7. The highest BCUT2D eigenvalue weighted by molar-refractivity contribution is 5.74. The Bertz CT molecular complexity index is 1180. The maximum Gasteiger partial charge on any atom is 0.298 e. The molecule has 0 spiro atoms. The zero-order valence-electron chi connectivity index (χ0n) is 17.5. The number of anilines is 1. The van der Waals surface area contributed by atoms with Gasteiger partial charge in [0, 0.05) is 38.9 Å². The lowest BCUT2D eigenvalue weighted by Crippen LogP contribution is -2.46. The molecule has 1 atom stereocenters. The Morgan fingerprint density at radius 3 is 2.58 bits per heavy atom. The van der Waals surface area contributed by atoms with E-state index in [1.165, 1.54) is 11.3 Å². The molecule has 0 N–H and O–H groups in total. The van der Waals surface area contributed by atoms with Gasteiger partial charge in [-0.2, -0.15) is 10.2 Å². The molecule has 4 aromatic rings. The van der Waals surface area contributed by atoms with Gasteiger partial charge >= 0.3 is 0 Å². The first-order valence-corrected chi connectivity index (χ1v) is 10.5. The van der Waals surface area contributed by atoms with Gasteiger partial charge in [0.1, 0.15) is 5.52 Å². The lowest BCUT2D eigenvalue weighted by Gasteiger charge is -2.34. The molecule has 0 saturated carbocycles. The van der Waals surface area contributed by atoms with Crippen molar-refractivity contribution in [1.29, 1.82) is 5.26 Å². The van der Waals surface area contributed by atoms with E-state index in [2.05, 4.69) is 37.3 Å². The Kier molecular flexibility index (Phi) is 5.14. The number of aromatic nitrogens is 3. The van der Waals surface area contributed by atoms with Crippen molar-refractivity contribution < 1.29 is 4.42 Å². The molecule has 7 nitrogen and oxygen atoms in total. The summed E-state index contributed by atoms with van der Waals surface area (Å²) in [5, 5.41) is 9.02. The van der Waals surface area contributed by atoms with Crippen LogP contribution in [-0.4, -0.2) is 45.6 Å². The summed E-state index contributed by atoms with van der Waals surface area (Å²) >= 11 is 0. The number of para-hydroxylation sites is 2. The third-order valence-corrected chi connectivity index (χ3v) is 6.00. The molecule has 7 heteroatoms. The summed E-state index contributed by atoms with van der Waals surface area (Å²) in [6.45, 7) is 6.66. The van der Waals surface area contributed by atoms with Crippen molar-refractivity contribution in [2.75, 3.05) is 31.1 Å². The molecule has 1 saturated heterocycles. The predicted molar refractivity (Wildman–Crippen MR) is 119 cm³/mol. The van der Waals surface area contributed by atoms with Crippen molar-refractivity contribution in [2.45, 2.75) is 19.5 Å². The number of benzene rings is 2. The summed E-state index contributed by atoms with van der Waals surface area (Å²) in [7, 11) is 0. The number of nitriles is 1. The average Bonchev–Trinajstić information content (AvgIpc) is 3.46. The van der Waals surface area contributed by atoms with Gasteiger partial charge in [0.05, 0.1) is 29.7 Å². The fourth-order valence-corrected chi connectivity index (χ4v) is 4.12. The monoisotopic (exact) mass is 412 g/mol. The predicted octanol–water partition coefficient (Wildman–Crippen LogP) is 3.83. The SMILES string of the molecule is CC(c1ccc(C#N)cc1)n1cncc1CN1CCN(c2nc3ccccc3o2)CC1. The van der Waals surface area contributed by atoms with E-state index in [-0.39, 0.29) is 6.04 Å². The van der Waals surface area contributed by atoms with Crippen LogP contribution in [-0.2, 0) is 6.54 Å². The van der Waals surface area contributed by atoms with Gasteiger partial charge in [-0.05, 0) is 36.8 Å². The molecule has 0 aliphatic carbocycles. The average molecular weight is 412 g/mol. The molecule has 2 aromatic heterocycles. The van der Waals surface area contributed by atoms with E-state index in [9.17, 15) is 0 Å². The Hall–Kier alpha value is -3.63. The molecule has 1 aliphatic rings. The second-order valence-electron chi connectivity index (χ2n) is 7.93. The van der Waals surface area contributed by atoms with E-state index < -0.39 is 0 Å². The van der Waals surface area contributed by atoms with Crippen molar-refractivity contribution in [1.82, 2.24) is 19.4 Å². The third-order valence-electron chi connectivity index (χ3n) is 6.00. The summed E-state index contributed by atoms with van der Waals surface area (Å²) in [5.74, 6) is 0. The zero-order valence-corrected chi connectivity index (χ0v) is 17.5. The van der Waals surface area contributed by atoms with Gasteiger partial charge in [-0.3, -0.25) is 4.90 Å². The second kappa shape index (κ2) is 8.25. The first kappa shape index (κ1) is 19.3. The first-order chi connectivity index (χ1) is 15.2. The number of piperazine rings is 1. The topological polar surface area (TPSA) is 74.1 Å². The van der Waals surface area contributed by atoms with Crippen molar-refractivity contribution in [3.63, 3.8) is 0 Å². The van der Waals surface area contributed by atoms with E-state index in [1.54, 1.807) is 0 Å². The minimum atomic E-state index is 0.159. The molecule has 1 aliphatic heterocycles. The van der Waals surface area contributed by atoms with Gasteiger partial charge in [0.25, 0.3) is 6.01 Å². The van der Waals surface area contributed by atoms with Gasteiger partial charge < -0.3 is 13.9 Å². The third kappa shape index (κ3) is 3.90. The molecular formula is C24H24N6O. The zero-order chi connectivity index (χ0) is 21.2. The van der Waals surface area contributed by atoms with E-state index in [1.807, 2.05) is 61.1 Å². The normalized spacial score (nSPS) is 15.8. The molecule has 31 heavy (non-hydrogen) atoms.